The zero-order valence-corrected chi connectivity index (χ0v) is 16.8. The standard InChI is InChI=1S/C19H29N3O4S/c1-13-16(8-5-11-20-13)21-19(23)14-9-10-17(26-2)18(12-14)27(24,25)22-15-6-3-4-7-15/h9-10,12-13,15-16,20,22H,3-8,11H2,1-2H3,(H,21,23). The van der Waals surface area contributed by atoms with Gasteiger partial charge in [-0.1, -0.05) is 12.8 Å². The molecule has 0 bridgehead atoms. The van der Waals surface area contributed by atoms with Crippen molar-refractivity contribution < 1.29 is 17.9 Å². The molecule has 1 amide bonds. The highest BCUT2D eigenvalue weighted by Crippen LogP contribution is 2.27. The molecule has 1 saturated heterocycles. The van der Waals surface area contributed by atoms with Crippen LogP contribution in [0.5, 0.6) is 5.75 Å². The Morgan fingerprint density at radius 1 is 1.19 bits per heavy atom. The monoisotopic (exact) mass is 395 g/mol. The van der Waals surface area contributed by atoms with Crippen LogP contribution in [0.2, 0.25) is 0 Å². The van der Waals surface area contributed by atoms with E-state index in [0.29, 0.717) is 5.56 Å². The summed E-state index contributed by atoms with van der Waals surface area (Å²) in [4.78, 5) is 12.7. The van der Waals surface area contributed by atoms with Crippen molar-refractivity contribution in [3.05, 3.63) is 23.8 Å². The van der Waals surface area contributed by atoms with Crippen molar-refractivity contribution in [2.24, 2.45) is 0 Å². The summed E-state index contributed by atoms with van der Waals surface area (Å²) < 4.78 is 33.7. The number of methoxy groups -OCH3 is 1. The first-order chi connectivity index (χ1) is 12.9. The molecule has 2 unspecified atom stereocenters. The Balaban J connectivity index is 1.80. The van der Waals surface area contributed by atoms with Crippen molar-refractivity contribution in [1.82, 2.24) is 15.4 Å². The van der Waals surface area contributed by atoms with Gasteiger partial charge in [-0.15, -0.1) is 0 Å². The second-order valence-corrected chi connectivity index (χ2v) is 9.12. The van der Waals surface area contributed by atoms with E-state index in [9.17, 15) is 13.2 Å². The van der Waals surface area contributed by atoms with E-state index in [0.717, 1.165) is 45.1 Å². The summed E-state index contributed by atoms with van der Waals surface area (Å²) in [6.07, 6.45) is 5.65. The maximum absolute atomic E-state index is 12.9. The van der Waals surface area contributed by atoms with Crippen LogP contribution in [0.15, 0.2) is 23.1 Å². The molecule has 1 aliphatic heterocycles. The predicted octanol–water partition coefficient (Wildman–Crippen LogP) is 1.79. The number of nitrogens with one attached hydrogen (secondary N) is 3. The van der Waals surface area contributed by atoms with E-state index in [1.54, 1.807) is 12.1 Å². The van der Waals surface area contributed by atoms with E-state index in [4.69, 9.17) is 4.74 Å². The number of benzene rings is 1. The molecule has 7 nitrogen and oxygen atoms in total. The summed E-state index contributed by atoms with van der Waals surface area (Å²) in [5.41, 5.74) is 0.320. The third-order valence-electron chi connectivity index (χ3n) is 5.47. The minimum absolute atomic E-state index is 0.0133. The number of carbonyl (C=O) groups is 1. The molecule has 1 aromatic carbocycles. The summed E-state index contributed by atoms with van der Waals surface area (Å²) in [7, 11) is -2.32. The minimum atomic E-state index is -3.75. The lowest BCUT2D eigenvalue weighted by atomic mass is 9.99. The second kappa shape index (κ2) is 8.58. The first-order valence-corrected chi connectivity index (χ1v) is 11.1. The first kappa shape index (κ1) is 20.1. The van der Waals surface area contributed by atoms with Gasteiger partial charge in [0.2, 0.25) is 10.0 Å². The van der Waals surface area contributed by atoms with Gasteiger partial charge in [-0.25, -0.2) is 13.1 Å². The van der Waals surface area contributed by atoms with E-state index >= 15 is 0 Å². The van der Waals surface area contributed by atoms with E-state index in [2.05, 4.69) is 15.4 Å². The lowest BCUT2D eigenvalue weighted by Gasteiger charge is -2.30. The van der Waals surface area contributed by atoms with Gasteiger partial charge in [-0.3, -0.25) is 4.79 Å². The Hall–Kier alpha value is -1.64. The van der Waals surface area contributed by atoms with Crippen LogP contribution in [0, 0.1) is 0 Å². The summed E-state index contributed by atoms with van der Waals surface area (Å²) in [6.45, 7) is 2.99. The normalized spacial score (nSPS) is 23.9. The SMILES string of the molecule is COc1ccc(C(=O)NC2CCCNC2C)cc1S(=O)(=O)NC1CCCC1. The van der Waals surface area contributed by atoms with E-state index < -0.39 is 10.0 Å². The fraction of sp³-hybridized carbons (Fsp3) is 0.632. The Morgan fingerprint density at radius 3 is 2.59 bits per heavy atom. The molecule has 0 radical (unpaired) electrons. The van der Waals surface area contributed by atoms with E-state index in [1.807, 2.05) is 6.92 Å². The quantitative estimate of drug-likeness (QED) is 0.682. The average molecular weight is 396 g/mol. The van der Waals surface area contributed by atoms with Gasteiger partial charge in [-0.05, 0) is 57.4 Å². The number of amides is 1. The van der Waals surface area contributed by atoms with Crippen molar-refractivity contribution in [3.63, 3.8) is 0 Å². The molecule has 2 fully saturated rings. The number of hydrogen-bond donors (Lipinski definition) is 3. The summed E-state index contributed by atoms with van der Waals surface area (Å²) in [5, 5.41) is 6.36. The molecule has 3 rings (SSSR count). The van der Waals surface area contributed by atoms with Crippen LogP contribution in [0.3, 0.4) is 0 Å². The molecule has 2 atom stereocenters. The number of sulfonamides is 1. The van der Waals surface area contributed by atoms with Crippen molar-refractivity contribution in [2.75, 3.05) is 13.7 Å². The van der Waals surface area contributed by atoms with Gasteiger partial charge in [0, 0.05) is 23.7 Å². The third-order valence-corrected chi connectivity index (χ3v) is 7.01. The van der Waals surface area contributed by atoms with Crippen LogP contribution >= 0.6 is 0 Å². The predicted molar refractivity (Wildman–Crippen MR) is 104 cm³/mol. The highest BCUT2D eigenvalue weighted by molar-refractivity contribution is 7.89. The van der Waals surface area contributed by atoms with Gasteiger partial charge < -0.3 is 15.4 Å². The average Bonchev–Trinajstić information content (AvgIpc) is 3.15. The second-order valence-electron chi connectivity index (χ2n) is 7.43. The molecular weight excluding hydrogens is 366 g/mol. The zero-order chi connectivity index (χ0) is 19.4. The highest BCUT2D eigenvalue weighted by Gasteiger charge is 2.28. The van der Waals surface area contributed by atoms with Crippen molar-refractivity contribution >= 4 is 15.9 Å². The molecule has 0 spiro atoms. The molecule has 3 N–H and O–H groups in total. The number of piperidine rings is 1. The topological polar surface area (TPSA) is 96.5 Å². The van der Waals surface area contributed by atoms with Crippen LogP contribution in [-0.4, -0.2) is 46.1 Å². The fourth-order valence-corrected chi connectivity index (χ4v) is 5.35. The van der Waals surface area contributed by atoms with Crippen LogP contribution in [0.25, 0.3) is 0 Å². The van der Waals surface area contributed by atoms with Crippen molar-refractivity contribution in [2.45, 2.75) is 68.5 Å². The maximum atomic E-state index is 12.9. The minimum Gasteiger partial charge on any atom is -0.495 e. The Kier molecular flexibility index (Phi) is 6.39. The van der Waals surface area contributed by atoms with Crippen LogP contribution in [0.4, 0.5) is 0 Å². The molecule has 1 aromatic rings. The highest BCUT2D eigenvalue weighted by atomic mass is 32.2. The van der Waals surface area contributed by atoms with Gasteiger partial charge in [0.1, 0.15) is 10.6 Å². The zero-order valence-electron chi connectivity index (χ0n) is 16.0. The molecule has 1 aliphatic carbocycles. The summed E-state index contributed by atoms with van der Waals surface area (Å²) in [5.74, 6) is -0.0275. The molecule has 27 heavy (non-hydrogen) atoms. The number of carbonyl (C=O) groups excluding carboxylic acids is 1. The Morgan fingerprint density at radius 2 is 1.93 bits per heavy atom. The fourth-order valence-electron chi connectivity index (χ4n) is 3.85. The maximum Gasteiger partial charge on any atom is 0.251 e. The number of rotatable bonds is 6. The lowest BCUT2D eigenvalue weighted by Crippen LogP contribution is -2.51. The van der Waals surface area contributed by atoms with Gasteiger partial charge in [0.15, 0.2) is 0 Å². The third kappa shape index (κ3) is 4.80. The van der Waals surface area contributed by atoms with Crippen molar-refractivity contribution in [1.29, 1.82) is 0 Å². The van der Waals surface area contributed by atoms with Crippen LogP contribution < -0.4 is 20.1 Å². The van der Waals surface area contributed by atoms with Gasteiger partial charge >= 0.3 is 0 Å². The Labute approximate surface area is 161 Å². The van der Waals surface area contributed by atoms with E-state index in [-0.39, 0.29) is 34.7 Å². The molecule has 8 heteroatoms. The largest absolute Gasteiger partial charge is 0.495 e. The smallest absolute Gasteiger partial charge is 0.251 e. The Bertz CT molecular complexity index is 775. The van der Waals surface area contributed by atoms with Crippen LogP contribution in [0.1, 0.15) is 55.8 Å². The molecule has 1 saturated carbocycles. The molecule has 0 aromatic heterocycles. The number of hydrogen-bond acceptors (Lipinski definition) is 5. The summed E-state index contributed by atoms with van der Waals surface area (Å²) in [6, 6.07) is 4.72. The molecule has 1 heterocycles. The molecule has 2 aliphatic rings. The number of ether oxygens (including phenoxy) is 1. The van der Waals surface area contributed by atoms with Gasteiger partial charge in [0.05, 0.1) is 7.11 Å². The molecule has 150 valence electrons. The van der Waals surface area contributed by atoms with Crippen LogP contribution in [-0.2, 0) is 10.0 Å². The van der Waals surface area contributed by atoms with E-state index in [1.165, 1.54) is 13.2 Å². The molecular formula is C19H29N3O4S. The summed E-state index contributed by atoms with van der Waals surface area (Å²) >= 11 is 0. The van der Waals surface area contributed by atoms with Gasteiger partial charge in [0.25, 0.3) is 5.91 Å². The van der Waals surface area contributed by atoms with Gasteiger partial charge in [-0.2, -0.15) is 0 Å². The lowest BCUT2D eigenvalue weighted by molar-refractivity contribution is 0.0919. The first-order valence-electron chi connectivity index (χ1n) is 9.65. The van der Waals surface area contributed by atoms with Crippen molar-refractivity contribution in [3.8, 4) is 5.75 Å².